The number of thioether (sulfide) groups is 1. The lowest BCUT2D eigenvalue weighted by atomic mass is 10.2. The number of likely N-dealkylation sites (N-methyl/N-ethyl adjacent to an activating group) is 1. The van der Waals surface area contributed by atoms with E-state index in [-0.39, 0.29) is 18.4 Å². The zero-order chi connectivity index (χ0) is 25.7. The Bertz CT molecular complexity index is 1220. The number of hydrogen-bond acceptors (Lipinski definition) is 7. The smallest absolute Gasteiger partial charge is 0.266 e. The summed E-state index contributed by atoms with van der Waals surface area (Å²) in [6.45, 7) is 4.41. The molecule has 0 aromatic heterocycles. The second-order valence-electron chi connectivity index (χ2n) is 7.89. The van der Waals surface area contributed by atoms with E-state index in [1.807, 2.05) is 25.1 Å². The van der Waals surface area contributed by atoms with E-state index < -0.39 is 0 Å². The number of benzene rings is 2. The van der Waals surface area contributed by atoms with Gasteiger partial charge in [-0.05, 0) is 76.6 Å². The van der Waals surface area contributed by atoms with Crippen molar-refractivity contribution in [1.29, 1.82) is 0 Å². The number of amidine groups is 1. The Balaban J connectivity index is 1.49. The van der Waals surface area contributed by atoms with Gasteiger partial charge in [-0.25, -0.2) is 4.99 Å². The van der Waals surface area contributed by atoms with Gasteiger partial charge in [-0.15, -0.1) is 0 Å². The Morgan fingerprint density at radius 1 is 1.19 bits per heavy atom. The minimum Gasteiger partial charge on any atom is -0.490 e. The lowest BCUT2D eigenvalue weighted by Crippen LogP contribution is -2.43. The molecule has 0 bridgehead atoms. The Morgan fingerprint density at radius 2 is 1.97 bits per heavy atom. The molecular formula is C25H25BrClN3O5S. The Morgan fingerprint density at radius 3 is 2.69 bits per heavy atom. The fraction of sp³-hybridized carbons (Fsp3) is 0.320. The van der Waals surface area contributed by atoms with E-state index in [1.54, 1.807) is 36.2 Å². The normalized spacial score (nSPS) is 18.3. The number of aliphatic imine (C=N–C) groups is 1. The summed E-state index contributed by atoms with van der Waals surface area (Å²) in [4.78, 5) is 33.6. The highest BCUT2D eigenvalue weighted by Gasteiger charge is 2.30. The number of amides is 2. The minimum absolute atomic E-state index is 0.0838. The average molecular weight is 595 g/mol. The van der Waals surface area contributed by atoms with E-state index in [2.05, 4.69) is 20.9 Å². The fourth-order valence-corrected chi connectivity index (χ4v) is 4.92. The molecule has 2 fully saturated rings. The largest absolute Gasteiger partial charge is 0.490 e. The number of hydrogen-bond donors (Lipinski definition) is 0. The summed E-state index contributed by atoms with van der Waals surface area (Å²) in [6.07, 6.45) is 1.78. The van der Waals surface area contributed by atoms with Crippen molar-refractivity contribution < 1.29 is 23.8 Å². The van der Waals surface area contributed by atoms with Crippen molar-refractivity contribution in [1.82, 2.24) is 9.80 Å². The minimum atomic E-state index is -0.156. The predicted molar refractivity (Wildman–Crippen MR) is 145 cm³/mol. The lowest BCUT2D eigenvalue weighted by Gasteiger charge is -2.26. The van der Waals surface area contributed by atoms with Gasteiger partial charge in [0.15, 0.2) is 23.3 Å². The summed E-state index contributed by atoms with van der Waals surface area (Å²) in [5, 5.41) is 1.10. The molecule has 0 radical (unpaired) electrons. The van der Waals surface area contributed by atoms with Crippen molar-refractivity contribution >= 4 is 68.0 Å². The molecule has 0 aliphatic carbocycles. The van der Waals surface area contributed by atoms with Crippen LogP contribution in [0.25, 0.3) is 6.08 Å². The van der Waals surface area contributed by atoms with Gasteiger partial charge >= 0.3 is 0 Å². The highest BCUT2D eigenvalue weighted by atomic mass is 79.9. The van der Waals surface area contributed by atoms with Crippen LogP contribution in [-0.4, -0.2) is 73.3 Å². The lowest BCUT2D eigenvalue weighted by molar-refractivity contribution is -0.137. The van der Waals surface area contributed by atoms with Gasteiger partial charge in [-0.1, -0.05) is 17.7 Å². The Kier molecular flexibility index (Phi) is 8.95. The Labute approximate surface area is 227 Å². The van der Waals surface area contributed by atoms with E-state index in [0.29, 0.717) is 65.2 Å². The van der Waals surface area contributed by atoms with Crippen molar-refractivity contribution in [2.24, 2.45) is 4.99 Å². The van der Waals surface area contributed by atoms with Crippen LogP contribution in [0.1, 0.15) is 12.5 Å². The number of ether oxygens (including phenoxy) is 3. The molecule has 36 heavy (non-hydrogen) atoms. The van der Waals surface area contributed by atoms with Crippen LogP contribution in [0.3, 0.4) is 0 Å². The second kappa shape index (κ2) is 12.1. The summed E-state index contributed by atoms with van der Waals surface area (Å²) < 4.78 is 17.6. The molecule has 0 N–H and O–H groups in total. The molecular weight excluding hydrogens is 570 g/mol. The molecule has 2 heterocycles. The molecule has 2 amide bonds. The quantitative estimate of drug-likeness (QED) is 0.421. The first-order chi connectivity index (χ1) is 17.4. The molecule has 190 valence electrons. The van der Waals surface area contributed by atoms with Crippen LogP contribution in [0.15, 0.2) is 50.8 Å². The van der Waals surface area contributed by atoms with Gasteiger partial charge in [0.2, 0.25) is 0 Å². The van der Waals surface area contributed by atoms with E-state index in [0.717, 1.165) is 10.0 Å². The molecule has 2 aromatic carbocycles. The summed E-state index contributed by atoms with van der Waals surface area (Å²) in [6, 6.07) is 10.7. The van der Waals surface area contributed by atoms with E-state index in [4.69, 9.17) is 25.8 Å². The molecule has 2 aliphatic heterocycles. The third kappa shape index (κ3) is 6.42. The maximum Gasteiger partial charge on any atom is 0.266 e. The van der Waals surface area contributed by atoms with Crippen LogP contribution in [-0.2, 0) is 14.3 Å². The first kappa shape index (κ1) is 26.5. The highest BCUT2D eigenvalue weighted by Crippen LogP contribution is 2.36. The maximum atomic E-state index is 12.9. The average Bonchev–Trinajstić information content (AvgIpc) is 3.14. The third-order valence-electron chi connectivity index (χ3n) is 5.41. The van der Waals surface area contributed by atoms with Crippen LogP contribution in [0.2, 0.25) is 5.02 Å². The third-order valence-corrected chi connectivity index (χ3v) is 7.70. The summed E-state index contributed by atoms with van der Waals surface area (Å²) in [5.41, 5.74) is 1.42. The van der Waals surface area contributed by atoms with Gasteiger partial charge in [0.1, 0.15) is 0 Å². The maximum absolute atomic E-state index is 12.9. The Hall–Kier alpha value is -2.53. The summed E-state index contributed by atoms with van der Waals surface area (Å²) in [7, 11) is 1.68. The zero-order valence-electron chi connectivity index (χ0n) is 19.8. The van der Waals surface area contributed by atoms with Crippen molar-refractivity contribution in [2.45, 2.75) is 6.92 Å². The van der Waals surface area contributed by atoms with Crippen LogP contribution < -0.4 is 9.47 Å². The van der Waals surface area contributed by atoms with Gasteiger partial charge in [0.25, 0.3) is 11.8 Å². The van der Waals surface area contributed by atoms with Crippen LogP contribution >= 0.6 is 39.3 Å². The van der Waals surface area contributed by atoms with Crippen molar-refractivity contribution in [3.63, 3.8) is 0 Å². The standard InChI is InChI=1S/C25H25BrClN3O5S/c1-3-34-21-12-16(4-7-20(21)35-15-23(31)30-8-10-33-11-9-30)13-22-24(32)29(2)25(36-22)28-17-5-6-18(26)19(27)14-17/h4-7,12-14H,3,8-11,15H2,1-2H3/b22-13-,28-25?. The molecule has 0 atom stereocenters. The molecule has 4 rings (SSSR count). The van der Waals surface area contributed by atoms with Gasteiger partial charge in [-0.3, -0.25) is 14.5 Å². The van der Waals surface area contributed by atoms with Crippen LogP contribution in [0.4, 0.5) is 5.69 Å². The fourth-order valence-electron chi connectivity index (χ4n) is 3.51. The number of rotatable bonds is 7. The van der Waals surface area contributed by atoms with Gasteiger partial charge in [-0.2, -0.15) is 0 Å². The van der Waals surface area contributed by atoms with E-state index in [9.17, 15) is 9.59 Å². The highest BCUT2D eigenvalue weighted by molar-refractivity contribution is 9.10. The SMILES string of the molecule is CCOc1cc(/C=C2\SC(=Nc3ccc(Br)c(Cl)c3)N(C)C2=O)ccc1OCC(=O)N1CCOCC1. The molecule has 8 nitrogen and oxygen atoms in total. The molecule has 2 aliphatic rings. The van der Waals surface area contributed by atoms with Crippen molar-refractivity contribution in [2.75, 3.05) is 46.6 Å². The van der Waals surface area contributed by atoms with Gasteiger partial charge in [0.05, 0.1) is 35.4 Å². The van der Waals surface area contributed by atoms with Crippen LogP contribution in [0.5, 0.6) is 11.5 Å². The zero-order valence-corrected chi connectivity index (χ0v) is 23.0. The summed E-state index contributed by atoms with van der Waals surface area (Å²) >= 11 is 10.8. The first-order valence-electron chi connectivity index (χ1n) is 11.3. The molecule has 0 unspecified atom stereocenters. The first-order valence-corrected chi connectivity index (χ1v) is 13.3. The predicted octanol–water partition coefficient (Wildman–Crippen LogP) is 4.97. The van der Waals surface area contributed by atoms with E-state index >= 15 is 0 Å². The second-order valence-corrected chi connectivity index (χ2v) is 10.2. The molecule has 0 spiro atoms. The summed E-state index contributed by atoms with van der Waals surface area (Å²) in [5.74, 6) is 0.722. The molecule has 2 aromatic rings. The molecule has 2 saturated heterocycles. The number of morpholine rings is 1. The van der Waals surface area contributed by atoms with Crippen molar-refractivity contribution in [3.05, 3.63) is 56.4 Å². The number of halogens is 2. The van der Waals surface area contributed by atoms with Gasteiger partial charge in [0, 0.05) is 24.6 Å². The number of nitrogens with zero attached hydrogens (tertiary/aromatic N) is 3. The number of carbonyl (C=O) groups excluding carboxylic acids is 2. The monoisotopic (exact) mass is 593 g/mol. The molecule has 11 heteroatoms. The van der Waals surface area contributed by atoms with E-state index in [1.165, 1.54) is 16.7 Å². The topological polar surface area (TPSA) is 80.7 Å². The molecule has 0 saturated carbocycles. The van der Waals surface area contributed by atoms with Crippen molar-refractivity contribution in [3.8, 4) is 11.5 Å². The van der Waals surface area contributed by atoms with Gasteiger partial charge < -0.3 is 19.1 Å². The number of carbonyl (C=O) groups is 2. The van der Waals surface area contributed by atoms with Crippen LogP contribution in [0, 0.1) is 0 Å².